The largest absolute Gasteiger partial charge is 0.465 e. The second-order valence-electron chi connectivity index (χ2n) is 5.18. The van der Waals surface area contributed by atoms with E-state index in [1.807, 2.05) is 25.1 Å². The Morgan fingerprint density at radius 1 is 1.35 bits per heavy atom. The molecule has 20 heavy (non-hydrogen) atoms. The van der Waals surface area contributed by atoms with Gasteiger partial charge in [-0.2, -0.15) is 0 Å². The number of hydrogen-bond donors (Lipinski definition) is 1. The zero-order valence-electron chi connectivity index (χ0n) is 11.7. The highest BCUT2D eigenvalue weighted by atomic mass is 32.2. The van der Waals surface area contributed by atoms with Crippen molar-refractivity contribution >= 4 is 11.8 Å². The quantitative estimate of drug-likeness (QED) is 0.893. The highest BCUT2D eigenvalue weighted by Gasteiger charge is 2.25. The zero-order valence-corrected chi connectivity index (χ0v) is 12.5. The lowest BCUT2D eigenvalue weighted by Gasteiger charge is -2.28. The van der Waals surface area contributed by atoms with Crippen LogP contribution < -0.4 is 5.32 Å². The monoisotopic (exact) mass is 291 g/mol. The van der Waals surface area contributed by atoms with Crippen molar-refractivity contribution < 1.29 is 8.81 Å². The van der Waals surface area contributed by atoms with Gasteiger partial charge in [-0.25, -0.2) is 4.39 Å². The molecule has 1 N–H and O–H groups in total. The summed E-state index contributed by atoms with van der Waals surface area (Å²) in [6, 6.07) is 9.61. The predicted octanol–water partition coefficient (Wildman–Crippen LogP) is 4.61. The Morgan fingerprint density at radius 3 is 2.95 bits per heavy atom. The molecule has 0 spiro atoms. The molecular formula is C16H18FNOS. The van der Waals surface area contributed by atoms with Crippen LogP contribution in [0.5, 0.6) is 0 Å². The van der Waals surface area contributed by atoms with E-state index in [1.54, 1.807) is 17.8 Å². The molecule has 1 aliphatic heterocycles. The van der Waals surface area contributed by atoms with Gasteiger partial charge in [0.25, 0.3) is 0 Å². The number of benzene rings is 1. The minimum Gasteiger partial charge on any atom is -0.465 e. The number of aryl methyl sites for hydroxylation is 1. The normalized spacial score (nSPS) is 19.6. The van der Waals surface area contributed by atoms with Crippen molar-refractivity contribution in [3.63, 3.8) is 0 Å². The van der Waals surface area contributed by atoms with Crippen molar-refractivity contribution in [2.24, 2.45) is 0 Å². The highest BCUT2D eigenvalue weighted by molar-refractivity contribution is 7.99. The van der Waals surface area contributed by atoms with Gasteiger partial charge in [0.15, 0.2) is 0 Å². The second-order valence-corrected chi connectivity index (χ2v) is 6.29. The molecular weight excluding hydrogens is 273 g/mol. The number of rotatable bonds is 3. The Morgan fingerprint density at radius 2 is 2.20 bits per heavy atom. The number of furan rings is 1. The summed E-state index contributed by atoms with van der Waals surface area (Å²) in [6.07, 6.45) is 1.01. The van der Waals surface area contributed by atoms with Crippen LogP contribution in [-0.4, -0.2) is 5.75 Å². The van der Waals surface area contributed by atoms with Crippen LogP contribution in [-0.2, 0) is 0 Å². The summed E-state index contributed by atoms with van der Waals surface area (Å²) >= 11 is 1.61. The average Bonchev–Trinajstić information content (AvgIpc) is 2.87. The molecule has 0 saturated carbocycles. The number of fused-ring (bicyclic) bond motifs is 1. The fourth-order valence-corrected chi connectivity index (χ4v) is 3.77. The molecule has 2 nitrogen and oxygen atoms in total. The molecule has 2 aromatic rings. The van der Waals surface area contributed by atoms with Crippen LogP contribution in [0.1, 0.15) is 42.5 Å². The summed E-state index contributed by atoms with van der Waals surface area (Å²) in [7, 11) is 0. The van der Waals surface area contributed by atoms with Crippen LogP contribution in [0.3, 0.4) is 0 Å². The van der Waals surface area contributed by atoms with Gasteiger partial charge in [-0.3, -0.25) is 0 Å². The van der Waals surface area contributed by atoms with Gasteiger partial charge < -0.3 is 9.73 Å². The Hall–Kier alpha value is -1.26. The molecule has 3 rings (SSSR count). The van der Waals surface area contributed by atoms with Crippen LogP contribution in [0.2, 0.25) is 0 Å². The number of halogens is 1. The zero-order chi connectivity index (χ0) is 14.1. The van der Waals surface area contributed by atoms with Crippen LogP contribution in [0.15, 0.2) is 39.6 Å². The third kappa shape index (κ3) is 2.63. The second kappa shape index (κ2) is 5.62. The van der Waals surface area contributed by atoms with Crippen LogP contribution in [0, 0.1) is 12.7 Å². The van der Waals surface area contributed by atoms with E-state index in [-0.39, 0.29) is 17.9 Å². The maximum atomic E-state index is 13.8. The maximum absolute atomic E-state index is 13.8. The molecule has 1 aromatic carbocycles. The topological polar surface area (TPSA) is 25.2 Å². The smallest absolute Gasteiger partial charge is 0.137 e. The molecule has 1 aliphatic rings. The van der Waals surface area contributed by atoms with Gasteiger partial charge in [0, 0.05) is 10.9 Å². The van der Waals surface area contributed by atoms with E-state index < -0.39 is 0 Å². The minimum absolute atomic E-state index is 0.111. The first-order valence-electron chi connectivity index (χ1n) is 6.89. The Kier molecular flexibility index (Phi) is 3.85. The van der Waals surface area contributed by atoms with Gasteiger partial charge in [0.1, 0.15) is 17.3 Å². The Bertz CT molecular complexity index is 610. The molecule has 0 saturated heterocycles. The number of thioether (sulfide) groups is 1. The van der Waals surface area contributed by atoms with E-state index in [0.29, 0.717) is 0 Å². The maximum Gasteiger partial charge on any atom is 0.137 e. The van der Waals surface area contributed by atoms with Crippen molar-refractivity contribution in [1.29, 1.82) is 0 Å². The van der Waals surface area contributed by atoms with Crippen molar-refractivity contribution in [3.05, 3.63) is 53.2 Å². The molecule has 2 heterocycles. The van der Waals surface area contributed by atoms with Gasteiger partial charge in [0.05, 0.1) is 6.04 Å². The molecule has 106 valence electrons. The van der Waals surface area contributed by atoms with Crippen LogP contribution >= 0.6 is 11.8 Å². The lowest BCUT2D eigenvalue weighted by atomic mass is 10.0. The summed E-state index contributed by atoms with van der Waals surface area (Å²) in [4.78, 5) is 0.791. The van der Waals surface area contributed by atoms with Gasteiger partial charge in [-0.1, -0.05) is 12.1 Å². The lowest BCUT2D eigenvalue weighted by Crippen LogP contribution is -2.27. The van der Waals surface area contributed by atoms with Gasteiger partial charge >= 0.3 is 0 Å². The van der Waals surface area contributed by atoms with Gasteiger partial charge in [-0.15, -0.1) is 11.8 Å². The molecule has 0 amide bonds. The molecule has 0 bridgehead atoms. The Labute approximate surface area is 122 Å². The standard InChI is InChI=1S/C16H18FNOS/c1-10-6-7-15(19-10)11(2)18-14-8-9-20-16-12(14)4-3-5-13(16)17/h3-7,11,14,18H,8-9H2,1-2H3. The predicted molar refractivity (Wildman–Crippen MR) is 79.5 cm³/mol. The number of hydrogen-bond acceptors (Lipinski definition) is 3. The van der Waals surface area contributed by atoms with E-state index >= 15 is 0 Å². The number of nitrogens with one attached hydrogen (secondary N) is 1. The van der Waals surface area contributed by atoms with E-state index in [9.17, 15) is 4.39 Å². The summed E-state index contributed by atoms with van der Waals surface area (Å²) in [5, 5.41) is 3.56. The van der Waals surface area contributed by atoms with E-state index in [4.69, 9.17) is 4.42 Å². The van der Waals surface area contributed by atoms with Crippen LogP contribution in [0.25, 0.3) is 0 Å². The first-order chi connectivity index (χ1) is 9.65. The molecule has 1 aromatic heterocycles. The fourth-order valence-electron chi connectivity index (χ4n) is 2.63. The molecule has 2 atom stereocenters. The van der Waals surface area contributed by atoms with Crippen LogP contribution in [0.4, 0.5) is 4.39 Å². The average molecular weight is 291 g/mol. The van der Waals surface area contributed by atoms with Crippen molar-refractivity contribution in [2.45, 2.75) is 37.2 Å². The van der Waals surface area contributed by atoms with E-state index in [2.05, 4.69) is 12.2 Å². The highest BCUT2D eigenvalue weighted by Crippen LogP contribution is 2.38. The summed E-state index contributed by atoms with van der Waals surface area (Å²) in [6.45, 7) is 4.02. The SMILES string of the molecule is Cc1ccc(C(C)NC2CCSc3c(F)cccc32)o1. The fraction of sp³-hybridized carbons (Fsp3) is 0.375. The summed E-state index contributed by atoms with van der Waals surface area (Å²) in [5.74, 6) is 2.67. The molecule has 0 fully saturated rings. The molecule has 0 radical (unpaired) electrons. The molecule has 2 unspecified atom stereocenters. The van der Waals surface area contributed by atoms with Gasteiger partial charge in [-0.05, 0) is 49.8 Å². The van der Waals surface area contributed by atoms with Crippen molar-refractivity contribution in [3.8, 4) is 0 Å². The van der Waals surface area contributed by atoms with Crippen molar-refractivity contribution in [2.75, 3.05) is 5.75 Å². The minimum atomic E-state index is -0.111. The van der Waals surface area contributed by atoms with E-state index in [0.717, 1.165) is 34.2 Å². The molecule has 4 heteroatoms. The first-order valence-corrected chi connectivity index (χ1v) is 7.87. The third-order valence-electron chi connectivity index (χ3n) is 3.66. The van der Waals surface area contributed by atoms with Crippen molar-refractivity contribution in [1.82, 2.24) is 5.32 Å². The Balaban J connectivity index is 1.81. The summed E-state index contributed by atoms with van der Waals surface area (Å²) < 4.78 is 19.5. The summed E-state index contributed by atoms with van der Waals surface area (Å²) in [5.41, 5.74) is 1.07. The first kappa shape index (κ1) is 13.7. The van der Waals surface area contributed by atoms with Gasteiger partial charge in [0.2, 0.25) is 0 Å². The third-order valence-corrected chi connectivity index (χ3v) is 4.82. The molecule has 0 aliphatic carbocycles. The van der Waals surface area contributed by atoms with E-state index in [1.165, 1.54) is 6.07 Å². The lowest BCUT2D eigenvalue weighted by molar-refractivity contribution is 0.374.